The maximum absolute atomic E-state index is 12.6. The summed E-state index contributed by atoms with van der Waals surface area (Å²) in [7, 11) is 1.69. The summed E-state index contributed by atoms with van der Waals surface area (Å²) in [6.45, 7) is 3.15. The third-order valence-electron chi connectivity index (χ3n) is 4.93. The molecule has 1 atom stereocenters. The van der Waals surface area contributed by atoms with Crippen LogP contribution >= 0.6 is 36.2 Å². The van der Waals surface area contributed by atoms with Crippen molar-refractivity contribution in [3.8, 4) is 5.75 Å². The lowest BCUT2D eigenvalue weighted by atomic mass is 10.0. The molecule has 6 nitrogen and oxygen atoms in total. The Hall–Kier alpha value is -1.38. The van der Waals surface area contributed by atoms with Crippen molar-refractivity contribution in [3.05, 3.63) is 45.9 Å². The Bertz CT molecular complexity index is 754. The number of nitrogens with zero attached hydrogens (tertiary/aromatic N) is 2. The molecule has 3 N–H and O–H groups in total. The average molecular weight is 461 g/mol. The van der Waals surface area contributed by atoms with Crippen molar-refractivity contribution < 1.29 is 9.53 Å². The number of carbonyl (C=O) groups excluding carboxylic acids is 1. The van der Waals surface area contributed by atoms with Gasteiger partial charge < -0.3 is 15.8 Å². The van der Waals surface area contributed by atoms with Gasteiger partial charge in [-0.1, -0.05) is 24.6 Å². The van der Waals surface area contributed by atoms with Crippen LogP contribution in [0.25, 0.3) is 0 Å². The standard InChI is InChI=1S/C20H28N4O2S.2ClH/c1-26-18-8-4-3-7-15(18)17(24-11-5-2-6-12-24)13-22-20(25)16-14-27-19(23-16)9-10-21;;/h3-4,7-8,14,17H,2,5-6,9-13,21H2,1H3,(H,22,25);2*1H. The van der Waals surface area contributed by atoms with Gasteiger partial charge in [0, 0.05) is 23.9 Å². The lowest BCUT2D eigenvalue weighted by Crippen LogP contribution is -2.40. The van der Waals surface area contributed by atoms with E-state index in [1.165, 1.54) is 30.6 Å². The highest BCUT2D eigenvalue weighted by Gasteiger charge is 2.25. The highest BCUT2D eigenvalue weighted by molar-refractivity contribution is 7.09. The number of rotatable bonds is 8. The van der Waals surface area contributed by atoms with Crippen molar-refractivity contribution in [2.45, 2.75) is 31.7 Å². The first-order chi connectivity index (χ1) is 13.2. The molecule has 0 saturated carbocycles. The highest BCUT2D eigenvalue weighted by Crippen LogP contribution is 2.31. The quantitative estimate of drug-likeness (QED) is 0.630. The monoisotopic (exact) mass is 460 g/mol. The molecule has 1 aromatic heterocycles. The van der Waals surface area contributed by atoms with E-state index >= 15 is 0 Å². The molecule has 1 unspecified atom stereocenters. The fraction of sp³-hybridized carbons (Fsp3) is 0.500. The number of aromatic nitrogens is 1. The van der Waals surface area contributed by atoms with E-state index in [1.54, 1.807) is 12.5 Å². The second-order valence-electron chi connectivity index (χ2n) is 6.73. The molecule has 0 radical (unpaired) electrons. The van der Waals surface area contributed by atoms with E-state index in [2.05, 4.69) is 21.3 Å². The van der Waals surface area contributed by atoms with Crippen molar-refractivity contribution in [1.82, 2.24) is 15.2 Å². The van der Waals surface area contributed by atoms with Crippen molar-refractivity contribution >= 4 is 42.1 Å². The van der Waals surface area contributed by atoms with Gasteiger partial charge in [-0.15, -0.1) is 36.2 Å². The van der Waals surface area contributed by atoms with Gasteiger partial charge in [0.1, 0.15) is 11.4 Å². The number of likely N-dealkylation sites (tertiary alicyclic amines) is 1. The fourth-order valence-electron chi connectivity index (χ4n) is 3.54. The van der Waals surface area contributed by atoms with Gasteiger partial charge in [-0.2, -0.15) is 0 Å². The SMILES string of the molecule is COc1ccccc1C(CNC(=O)c1csc(CCN)n1)N1CCCCC1.Cl.Cl. The van der Waals surface area contributed by atoms with Crippen LogP contribution in [-0.4, -0.2) is 49.1 Å². The minimum atomic E-state index is -0.133. The van der Waals surface area contributed by atoms with Crippen LogP contribution in [0.15, 0.2) is 29.6 Å². The lowest BCUT2D eigenvalue weighted by Gasteiger charge is -2.35. The van der Waals surface area contributed by atoms with Crippen molar-refractivity contribution in [1.29, 1.82) is 0 Å². The maximum Gasteiger partial charge on any atom is 0.270 e. The van der Waals surface area contributed by atoms with E-state index in [0.717, 1.165) is 29.4 Å². The molecule has 9 heteroatoms. The first-order valence-electron chi connectivity index (χ1n) is 9.52. The zero-order chi connectivity index (χ0) is 19.1. The van der Waals surface area contributed by atoms with E-state index < -0.39 is 0 Å². The number of para-hydroxylation sites is 1. The number of piperidine rings is 1. The third kappa shape index (κ3) is 6.83. The molecule has 0 aliphatic carbocycles. The number of thiazole rings is 1. The van der Waals surface area contributed by atoms with E-state index in [0.29, 0.717) is 25.2 Å². The van der Waals surface area contributed by atoms with Gasteiger partial charge in [0.05, 0.1) is 18.2 Å². The van der Waals surface area contributed by atoms with Gasteiger partial charge in [-0.05, 0) is 38.5 Å². The van der Waals surface area contributed by atoms with Crippen LogP contribution in [0.4, 0.5) is 0 Å². The van der Waals surface area contributed by atoms with E-state index in [9.17, 15) is 4.79 Å². The van der Waals surface area contributed by atoms with Crippen LogP contribution in [0.3, 0.4) is 0 Å². The van der Waals surface area contributed by atoms with Gasteiger partial charge >= 0.3 is 0 Å². The summed E-state index contributed by atoms with van der Waals surface area (Å²) < 4.78 is 5.58. The topological polar surface area (TPSA) is 80.5 Å². The second kappa shape index (κ2) is 13.0. The molecule has 3 rings (SSSR count). The third-order valence-corrected chi connectivity index (χ3v) is 5.84. The Balaban J connectivity index is 0.00000210. The van der Waals surface area contributed by atoms with Crippen LogP contribution in [0.5, 0.6) is 5.75 Å². The van der Waals surface area contributed by atoms with E-state index in [-0.39, 0.29) is 36.8 Å². The Morgan fingerprint density at radius 2 is 2.00 bits per heavy atom. The van der Waals surface area contributed by atoms with Crippen LogP contribution < -0.4 is 15.8 Å². The highest BCUT2D eigenvalue weighted by atomic mass is 35.5. The van der Waals surface area contributed by atoms with E-state index in [1.807, 2.05) is 18.2 Å². The molecule has 1 aliphatic heterocycles. The number of hydrogen-bond acceptors (Lipinski definition) is 6. The van der Waals surface area contributed by atoms with Crippen LogP contribution in [0.2, 0.25) is 0 Å². The van der Waals surface area contributed by atoms with Crippen molar-refractivity contribution in [2.24, 2.45) is 5.73 Å². The van der Waals surface area contributed by atoms with Gasteiger partial charge in [-0.25, -0.2) is 4.98 Å². The number of carbonyl (C=O) groups is 1. The minimum Gasteiger partial charge on any atom is -0.496 e. The Kier molecular flexibility index (Phi) is 11.5. The Morgan fingerprint density at radius 3 is 2.69 bits per heavy atom. The molecule has 1 amide bonds. The van der Waals surface area contributed by atoms with Gasteiger partial charge in [0.15, 0.2) is 0 Å². The van der Waals surface area contributed by atoms with Crippen molar-refractivity contribution in [2.75, 3.05) is 33.3 Å². The number of hydrogen-bond donors (Lipinski definition) is 2. The summed E-state index contributed by atoms with van der Waals surface area (Å²) in [5.74, 6) is 0.729. The normalized spacial score (nSPS) is 15.0. The lowest BCUT2D eigenvalue weighted by molar-refractivity contribution is 0.0919. The molecule has 0 spiro atoms. The number of benzene rings is 1. The summed E-state index contributed by atoms with van der Waals surface area (Å²) in [6, 6.07) is 8.16. The van der Waals surface area contributed by atoms with E-state index in [4.69, 9.17) is 10.5 Å². The molecule has 1 saturated heterocycles. The predicted molar refractivity (Wildman–Crippen MR) is 123 cm³/mol. The van der Waals surface area contributed by atoms with Crippen LogP contribution in [-0.2, 0) is 6.42 Å². The predicted octanol–water partition coefficient (Wildman–Crippen LogP) is 3.45. The van der Waals surface area contributed by atoms with Crippen LogP contribution in [0, 0.1) is 0 Å². The zero-order valence-electron chi connectivity index (χ0n) is 16.6. The number of nitrogens with one attached hydrogen (secondary N) is 1. The molecule has 162 valence electrons. The number of halogens is 2. The maximum atomic E-state index is 12.6. The van der Waals surface area contributed by atoms with Crippen LogP contribution in [0.1, 0.15) is 46.4 Å². The molecule has 0 bridgehead atoms. The first-order valence-corrected chi connectivity index (χ1v) is 10.4. The Labute approximate surface area is 189 Å². The number of nitrogens with two attached hydrogens (primary N) is 1. The molecule has 1 aliphatic rings. The van der Waals surface area contributed by atoms with Gasteiger partial charge in [0.2, 0.25) is 0 Å². The molecule has 2 aromatic rings. The summed E-state index contributed by atoms with van der Waals surface area (Å²) in [6.07, 6.45) is 4.35. The second-order valence-corrected chi connectivity index (χ2v) is 7.67. The first kappa shape index (κ1) is 25.7. The summed E-state index contributed by atoms with van der Waals surface area (Å²) in [4.78, 5) is 19.4. The molecule has 2 heterocycles. The summed E-state index contributed by atoms with van der Waals surface area (Å²) >= 11 is 1.48. The molecule has 29 heavy (non-hydrogen) atoms. The minimum absolute atomic E-state index is 0. The zero-order valence-corrected chi connectivity index (χ0v) is 19.1. The Morgan fingerprint density at radius 1 is 1.28 bits per heavy atom. The number of amides is 1. The molecular weight excluding hydrogens is 431 g/mol. The molecule has 1 aromatic carbocycles. The smallest absolute Gasteiger partial charge is 0.270 e. The fourth-order valence-corrected chi connectivity index (χ4v) is 4.34. The summed E-state index contributed by atoms with van der Waals surface area (Å²) in [5.41, 5.74) is 7.16. The molecule has 1 fully saturated rings. The molecular formula is C20H30Cl2N4O2S. The summed E-state index contributed by atoms with van der Waals surface area (Å²) in [5, 5.41) is 5.79. The van der Waals surface area contributed by atoms with Gasteiger partial charge in [0.25, 0.3) is 5.91 Å². The average Bonchev–Trinajstić information content (AvgIpc) is 3.18. The largest absolute Gasteiger partial charge is 0.496 e. The number of methoxy groups -OCH3 is 1. The van der Waals surface area contributed by atoms with Gasteiger partial charge in [-0.3, -0.25) is 9.69 Å². The number of ether oxygens (including phenoxy) is 1. The van der Waals surface area contributed by atoms with Crippen molar-refractivity contribution in [3.63, 3.8) is 0 Å².